The number of amides is 1. The predicted molar refractivity (Wildman–Crippen MR) is 67.1 cm³/mol. The number of hydrogen-bond donors (Lipinski definition) is 2. The molecule has 0 radical (unpaired) electrons. The predicted octanol–water partition coefficient (Wildman–Crippen LogP) is 0.705. The average Bonchev–Trinajstić information content (AvgIpc) is 3.05. The third kappa shape index (κ3) is 2.04. The van der Waals surface area contributed by atoms with Crippen LogP contribution in [0.25, 0.3) is 0 Å². The van der Waals surface area contributed by atoms with Crippen LogP contribution < -0.4 is 11.1 Å². The standard InChI is InChI=1S/C13H19N3O2/c14-8-9-3-4-12(18-9)13(17)15-10-5-7-16-6-1-2-11(10)16/h3-4,10-11H,1-2,5-8,14H2,(H,15,17). The quantitative estimate of drug-likeness (QED) is 0.827. The molecular formula is C13H19N3O2. The molecule has 18 heavy (non-hydrogen) atoms. The Morgan fingerprint density at radius 1 is 1.44 bits per heavy atom. The monoisotopic (exact) mass is 249 g/mol. The van der Waals surface area contributed by atoms with E-state index in [0.717, 1.165) is 13.0 Å². The summed E-state index contributed by atoms with van der Waals surface area (Å²) >= 11 is 0. The van der Waals surface area contributed by atoms with Crippen LogP contribution in [-0.2, 0) is 6.54 Å². The van der Waals surface area contributed by atoms with E-state index in [1.165, 1.54) is 19.4 Å². The van der Waals surface area contributed by atoms with Gasteiger partial charge in [0.2, 0.25) is 0 Å². The smallest absolute Gasteiger partial charge is 0.287 e. The fraction of sp³-hybridized carbons (Fsp3) is 0.615. The molecule has 3 N–H and O–H groups in total. The van der Waals surface area contributed by atoms with Gasteiger partial charge in [-0.3, -0.25) is 9.69 Å². The first-order valence-corrected chi connectivity index (χ1v) is 6.61. The molecule has 1 aromatic heterocycles. The largest absolute Gasteiger partial charge is 0.455 e. The van der Waals surface area contributed by atoms with Crippen molar-refractivity contribution >= 4 is 5.91 Å². The maximum atomic E-state index is 12.1. The van der Waals surface area contributed by atoms with E-state index in [-0.39, 0.29) is 11.9 Å². The van der Waals surface area contributed by atoms with Crippen molar-refractivity contribution < 1.29 is 9.21 Å². The molecule has 2 aliphatic heterocycles. The number of carbonyl (C=O) groups is 1. The normalized spacial score (nSPS) is 27.4. The van der Waals surface area contributed by atoms with Crippen LogP contribution in [0.5, 0.6) is 0 Å². The second-order valence-corrected chi connectivity index (χ2v) is 5.08. The molecule has 0 bridgehead atoms. The number of fused-ring (bicyclic) bond motifs is 1. The summed E-state index contributed by atoms with van der Waals surface area (Å²) in [5.74, 6) is 0.898. The van der Waals surface area contributed by atoms with E-state index in [9.17, 15) is 4.79 Å². The highest BCUT2D eigenvalue weighted by Gasteiger charge is 2.38. The van der Waals surface area contributed by atoms with E-state index in [1.807, 2.05) is 0 Å². The highest BCUT2D eigenvalue weighted by Crippen LogP contribution is 2.28. The zero-order chi connectivity index (χ0) is 12.5. The van der Waals surface area contributed by atoms with Crippen LogP contribution in [0.3, 0.4) is 0 Å². The van der Waals surface area contributed by atoms with Crippen LogP contribution in [-0.4, -0.2) is 36.0 Å². The lowest BCUT2D eigenvalue weighted by Gasteiger charge is -2.20. The van der Waals surface area contributed by atoms with Crippen molar-refractivity contribution in [2.45, 2.75) is 37.9 Å². The summed E-state index contributed by atoms with van der Waals surface area (Å²) in [6.45, 7) is 2.60. The molecule has 0 aliphatic carbocycles. The Morgan fingerprint density at radius 2 is 2.33 bits per heavy atom. The molecule has 2 aliphatic rings. The highest BCUT2D eigenvalue weighted by atomic mass is 16.4. The van der Waals surface area contributed by atoms with Gasteiger partial charge in [0.1, 0.15) is 5.76 Å². The molecule has 98 valence electrons. The van der Waals surface area contributed by atoms with Crippen LogP contribution in [0.1, 0.15) is 35.6 Å². The molecule has 0 saturated carbocycles. The first-order valence-electron chi connectivity index (χ1n) is 6.61. The summed E-state index contributed by atoms with van der Waals surface area (Å²) in [5, 5.41) is 3.09. The van der Waals surface area contributed by atoms with Gasteiger partial charge in [0.15, 0.2) is 5.76 Å². The number of nitrogens with two attached hydrogens (primary N) is 1. The number of carbonyl (C=O) groups excluding carboxylic acids is 1. The van der Waals surface area contributed by atoms with Gasteiger partial charge in [-0.1, -0.05) is 0 Å². The number of nitrogens with zero attached hydrogens (tertiary/aromatic N) is 1. The lowest BCUT2D eigenvalue weighted by molar-refractivity contribution is 0.0899. The van der Waals surface area contributed by atoms with E-state index >= 15 is 0 Å². The molecule has 3 rings (SSSR count). The molecule has 2 atom stereocenters. The van der Waals surface area contributed by atoms with Gasteiger partial charge in [0.05, 0.1) is 6.54 Å². The van der Waals surface area contributed by atoms with Gasteiger partial charge in [-0.25, -0.2) is 0 Å². The first-order chi connectivity index (χ1) is 8.78. The molecule has 2 unspecified atom stereocenters. The minimum Gasteiger partial charge on any atom is -0.455 e. The molecule has 1 aromatic rings. The molecule has 2 fully saturated rings. The second-order valence-electron chi connectivity index (χ2n) is 5.08. The maximum absolute atomic E-state index is 12.1. The third-order valence-electron chi connectivity index (χ3n) is 4.01. The Bertz CT molecular complexity index is 443. The fourth-order valence-electron chi connectivity index (χ4n) is 3.10. The average molecular weight is 249 g/mol. The summed E-state index contributed by atoms with van der Waals surface area (Å²) in [7, 11) is 0. The van der Waals surface area contributed by atoms with Crippen molar-refractivity contribution in [2.75, 3.05) is 13.1 Å². The molecular weight excluding hydrogens is 230 g/mol. The highest BCUT2D eigenvalue weighted by molar-refractivity contribution is 5.91. The van der Waals surface area contributed by atoms with Crippen LogP contribution in [0.2, 0.25) is 0 Å². The number of rotatable bonds is 3. The van der Waals surface area contributed by atoms with Crippen molar-refractivity contribution in [1.29, 1.82) is 0 Å². The fourth-order valence-corrected chi connectivity index (χ4v) is 3.10. The number of hydrogen-bond acceptors (Lipinski definition) is 4. The van der Waals surface area contributed by atoms with Gasteiger partial charge < -0.3 is 15.5 Å². The van der Waals surface area contributed by atoms with Crippen LogP contribution in [0.15, 0.2) is 16.5 Å². The van der Waals surface area contributed by atoms with Crippen molar-refractivity contribution in [1.82, 2.24) is 10.2 Å². The Morgan fingerprint density at radius 3 is 3.11 bits per heavy atom. The van der Waals surface area contributed by atoms with E-state index in [4.69, 9.17) is 10.2 Å². The van der Waals surface area contributed by atoms with Crippen LogP contribution in [0.4, 0.5) is 0 Å². The summed E-state index contributed by atoms with van der Waals surface area (Å²) in [4.78, 5) is 14.5. The van der Waals surface area contributed by atoms with Crippen molar-refractivity contribution in [2.24, 2.45) is 5.73 Å². The van der Waals surface area contributed by atoms with Gasteiger partial charge in [0.25, 0.3) is 5.91 Å². The zero-order valence-corrected chi connectivity index (χ0v) is 10.4. The summed E-state index contributed by atoms with van der Waals surface area (Å²) in [5.41, 5.74) is 5.46. The molecule has 2 saturated heterocycles. The van der Waals surface area contributed by atoms with E-state index < -0.39 is 0 Å². The van der Waals surface area contributed by atoms with Gasteiger partial charge in [-0.15, -0.1) is 0 Å². The Labute approximate surface area is 106 Å². The number of furan rings is 1. The summed E-state index contributed by atoms with van der Waals surface area (Å²) < 4.78 is 5.37. The van der Waals surface area contributed by atoms with E-state index in [2.05, 4.69) is 10.2 Å². The maximum Gasteiger partial charge on any atom is 0.287 e. The molecule has 1 amide bonds. The van der Waals surface area contributed by atoms with Gasteiger partial charge in [-0.2, -0.15) is 0 Å². The molecule has 3 heterocycles. The topological polar surface area (TPSA) is 71.5 Å². The zero-order valence-electron chi connectivity index (χ0n) is 10.4. The van der Waals surface area contributed by atoms with Crippen LogP contribution >= 0.6 is 0 Å². The van der Waals surface area contributed by atoms with Gasteiger partial charge in [0, 0.05) is 18.6 Å². The van der Waals surface area contributed by atoms with Crippen LogP contribution in [0, 0.1) is 0 Å². The Kier molecular flexibility index (Phi) is 3.09. The summed E-state index contributed by atoms with van der Waals surface area (Å²) in [6, 6.07) is 4.24. The molecule has 5 nitrogen and oxygen atoms in total. The summed E-state index contributed by atoms with van der Waals surface area (Å²) in [6.07, 6.45) is 3.48. The van der Waals surface area contributed by atoms with E-state index in [0.29, 0.717) is 24.1 Å². The second kappa shape index (κ2) is 4.74. The lowest BCUT2D eigenvalue weighted by Crippen LogP contribution is -2.42. The minimum absolute atomic E-state index is 0.117. The van der Waals surface area contributed by atoms with Gasteiger partial charge in [-0.05, 0) is 37.9 Å². The lowest BCUT2D eigenvalue weighted by atomic mass is 10.1. The Balaban J connectivity index is 1.64. The SMILES string of the molecule is NCc1ccc(C(=O)NC2CCN3CCCC23)o1. The minimum atomic E-state index is -0.117. The molecule has 0 spiro atoms. The van der Waals surface area contributed by atoms with Crippen molar-refractivity contribution in [3.63, 3.8) is 0 Å². The third-order valence-corrected chi connectivity index (χ3v) is 4.01. The molecule has 0 aromatic carbocycles. The van der Waals surface area contributed by atoms with E-state index in [1.54, 1.807) is 12.1 Å². The van der Waals surface area contributed by atoms with Crippen molar-refractivity contribution in [3.05, 3.63) is 23.7 Å². The number of nitrogens with one attached hydrogen (secondary N) is 1. The van der Waals surface area contributed by atoms with Crippen molar-refractivity contribution in [3.8, 4) is 0 Å². The first kappa shape index (κ1) is 11.7. The molecule has 5 heteroatoms. The van der Waals surface area contributed by atoms with Gasteiger partial charge >= 0.3 is 0 Å². The Hall–Kier alpha value is -1.33.